The topological polar surface area (TPSA) is 98.3 Å². The van der Waals surface area contributed by atoms with Gasteiger partial charge in [-0.15, -0.1) is 5.10 Å². The lowest BCUT2D eigenvalue weighted by Gasteiger charge is -2.11. The highest BCUT2D eigenvalue weighted by Crippen LogP contribution is 2.19. The molecule has 27 heavy (non-hydrogen) atoms. The molecule has 1 aromatic heterocycles. The van der Waals surface area contributed by atoms with E-state index in [1.54, 1.807) is 6.21 Å². The van der Waals surface area contributed by atoms with Crippen LogP contribution in [0.3, 0.4) is 0 Å². The molecule has 0 saturated heterocycles. The molecule has 144 valence electrons. The number of hydrogen-bond acceptors (Lipinski definition) is 7. The van der Waals surface area contributed by atoms with E-state index in [-0.39, 0.29) is 5.91 Å². The van der Waals surface area contributed by atoms with Gasteiger partial charge in [-0.2, -0.15) is 10.1 Å². The summed E-state index contributed by atoms with van der Waals surface area (Å²) in [6.07, 6.45) is 6.29. The summed E-state index contributed by atoms with van der Waals surface area (Å²) in [4.78, 5) is 18.2. The smallest absolute Gasteiger partial charge is 0.240 e. The van der Waals surface area contributed by atoms with Crippen molar-refractivity contribution in [1.82, 2.24) is 20.5 Å². The van der Waals surface area contributed by atoms with Gasteiger partial charge in [0.05, 0.1) is 12.0 Å². The number of hydrogen-bond donors (Lipinski definition) is 3. The van der Waals surface area contributed by atoms with Crippen molar-refractivity contribution in [3.05, 3.63) is 29.8 Å². The van der Waals surface area contributed by atoms with Crippen molar-refractivity contribution in [2.75, 3.05) is 30.2 Å². The summed E-state index contributed by atoms with van der Waals surface area (Å²) in [6.45, 7) is 0. The van der Waals surface area contributed by atoms with Crippen LogP contribution in [0.15, 0.2) is 34.5 Å². The number of carbonyl (C=O) groups excluding carboxylic acids is 1. The third-order valence-corrected chi connectivity index (χ3v) is 5.16. The molecular formula is C18H25N7OS. The van der Waals surface area contributed by atoms with Gasteiger partial charge in [-0.1, -0.05) is 36.7 Å². The Hall–Kier alpha value is -2.55. The molecule has 0 bridgehead atoms. The highest BCUT2D eigenvalue weighted by molar-refractivity contribution is 7.99. The van der Waals surface area contributed by atoms with Crippen LogP contribution >= 0.6 is 11.8 Å². The van der Waals surface area contributed by atoms with Crippen LogP contribution in [0.2, 0.25) is 0 Å². The molecule has 3 N–H and O–H groups in total. The number of thioether (sulfide) groups is 1. The molecule has 0 radical (unpaired) electrons. The Kier molecular flexibility index (Phi) is 6.69. The SMILES string of the molecule is CN(C)c1ccc(/C=N\Nc2nc(SCC(=O)NC3CCCC3)n[nH]2)cc1. The van der Waals surface area contributed by atoms with Gasteiger partial charge in [0, 0.05) is 25.8 Å². The fourth-order valence-electron chi connectivity index (χ4n) is 2.86. The average Bonchev–Trinajstić information content (AvgIpc) is 3.32. The molecule has 1 aliphatic rings. The van der Waals surface area contributed by atoms with Crippen molar-refractivity contribution >= 4 is 35.5 Å². The predicted octanol–water partition coefficient (Wildman–Crippen LogP) is 2.47. The van der Waals surface area contributed by atoms with Crippen LogP contribution in [-0.4, -0.2) is 53.2 Å². The molecule has 1 aliphatic carbocycles. The van der Waals surface area contributed by atoms with E-state index < -0.39 is 0 Å². The normalized spacial score (nSPS) is 14.6. The summed E-state index contributed by atoms with van der Waals surface area (Å²) in [6, 6.07) is 8.38. The lowest BCUT2D eigenvalue weighted by molar-refractivity contribution is -0.119. The molecule has 1 fully saturated rings. The largest absolute Gasteiger partial charge is 0.378 e. The quantitative estimate of drug-likeness (QED) is 0.366. The molecule has 1 aromatic carbocycles. The van der Waals surface area contributed by atoms with Gasteiger partial charge in [0.2, 0.25) is 17.0 Å². The third-order valence-electron chi connectivity index (χ3n) is 4.31. The van der Waals surface area contributed by atoms with Crippen LogP contribution in [-0.2, 0) is 4.79 Å². The molecule has 0 spiro atoms. The number of amides is 1. The number of hydrazone groups is 1. The second-order valence-corrected chi connectivity index (χ2v) is 7.60. The van der Waals surface area contributed by atoms with Gasteiger partial charge in [0.1, 0.15) is 0 Å². The van der Waals surface area contributed by atoms with E-state index in [1.165, 1.54) is 24.6 Å². The number of carbonyl (C=O) groups is 1. The summed E-state index contributed by atoms with van der Waals surface area (Å²) in [5, 5.41) is 14.6. The van der Waals surface area contributed by atoms with E-state index in [9.17, 15) is 4.79 Å². The van der Waals surface area contributed by atoms with Gasteiger partial charge in [-0.3, -0.25) is 4.79 Å². The van der Waals surface area contributed by atoms with Gasteiger partial charge in [0.25, 0.3) is 0 Å². The molecule has 0 unspecified atom stereocenters. The second kappa shape index (κ2) is 9.40. The molecule has 2 aromatic rings. The Morgan fingerprint density at radius 2 is 2.07 bits per heavy atom. The maximum absolute atomic E-state index is 11.9. The second-order valence-electron chi connectivity index (χ2n) is 6.66. The zero-order chi connectivity index (χ0) is 19.1. The van der Waals surface area contributed by atoms with Gasteiger partial charge in [0.15, 0.2) is 0 Å². The van der Waals surface area contributed by atoms with Crippen molar-refractivity contribution < 1.29 is 4.79 Å². The maximum atomic E-state index is 11.9. The Morgan fingerprint density at radius 1 is 1.33 bits per heavy atom. The van der Waals surface area contributed by atoms with E-state index in [4.69, 9.17) is 0 Å². The summed E-state index contributed by atoms with van der Waals surface area (Å²) in [5.74, 6) is 0.787. The molecule has 1 heterocycles. The number of aromatic amines is 1. The number of nitrogens with zero attached hydrogens (tertiary/aromatic N) is 4. The molecule has 1 amide bonds. The predicted molar refractivity (Wildman–Crippen MR) is 109 cm³/mol. The van der Waals surface area contributed by atoms with Crippen LogP contribution in [0, 0.1) is 0 Å². The van der Waals surface area contributed by atoms with E-state index in [2.05, 4.69) is 31.0 Å². The van der Waals surface area contributed by atoms with Crippen molar-refractivity contribution in [2.24, 2.45) is 5.10 Å². The van der Waals surface area contributed by atoms with Crippen LogP contribution in [0.25, 0.3) is 0 Å². The third kappa shape index (κ3) is 5.99. The van der Waals surface area contributed by atoms with Gasteiger partial charge < -0.3 is 10.2 Å². The number of H-pyrrole nitrogens is 1. The van der Waals surface area contributed by atoms with Gasteiger partial charge in [-0.25, -0.2) is 10.5 Å². The maximum Gasteiger partial charge on any atom is 0.240 e. The highest BCUT2D eigenvalue weighted by atomic mass is 32.2. The fraction of sp³-hybridized carbons (Fsp3) is 0.444. The number of rotatable bonds is 8. The lowest BCUT2D eigenvalue weighted by Crippen LogP contribution is -2.33. The number of aromatic nitrogens is 3. The molecule has 0 aliphatic heterocycles. The van der Waals surface area contributed by atoms with Gasteiger partial charge in [-0.05, 0) is 30.5 Å². The highest BCUT2D eigenvalue weighted by Gasteiger charge is 2.17. The Balaban J connectivity index is 1.42. The van der Waals surface area contributed by atoms with E-state index in [0.717, 1.165) is 24.1 Å². The summed E-state index contributed by atoms with van der Waals surface area (Å²) in [7, 11) is 4.01. The van der Waals surface area contributed by atoms with E-state index in [1.807, 2.05) is 43.3 Å². The molecule has 9 heteroatoms. The molecule has 0 atom stereocenters. The molecule has 1 saturated carbocycles. The fourth-order valence-corrected chi connectivity index (χ4v) is 3.47. The Bertz CT molecular complexity index is 766. The zero-order valence-electron chi connectivity index (χ0n) is 15.6. The Morgan fingerprint density at radius 3 is 2.78 bits per heavy atom. The van der Waals surface area contributed by atoms with Crippen molar-refractivity contribution in [3.63, 3.8) is 0 Å². The average molecular weight is 388 g/mol. The van der Waals surface area contributed by atoms with Crippen LogP contribution in [0.4, 0.5) is 11.6 Å². The minimum absolute atomic E-state index is 0.0328. The number of anilines is 2. The molecule has 3 rings (SSSR count). The van der Waals surface area contributed by atoms with Crippen LogP contribution in [0.1, 0.15) is 31.2 Å². The van der Waals surface area contributed by atoms with E-state index >= 15 is 0 Å². The number of nitrogens with one attached hydrogen (secondary N) is 3. The minimum Gasteiger partial charge on any atom is -0.378 e. The number of benzene rings is 1. The van der Waals surface area contributed by atoms with Crippen LogP contribution < -0.4 is 15.6 Å². The van der Waals surface area contributed by atoms with Crippen molar-refractivity contribution in [2.45, 2.75) is 36.9 Å². The summed E-state index contributed by atoms with van der Waals surface area (Å²) in [5.41, 5.74) is 4.92. The summed E-state index contributed by atoms with van der Waals surface area (Å²) < 4.78 is 0. The molecule has 8 nitrogen and oxygen atoms in total. The van der Waals surface area contributed by atoms with Crippen LogP contribution in [0.5, 0.6) is 0 Å². The summed E-state index contributed by atoms with van der Waals surface area (Å²) >= 11 is 1.30. The van der Waals surface area contributed by atoms with E-state index in [0.29, 0.717) is 22.9 Å². The van der Waals surface area contributed by atoms with Crippen molar-refractivity contribution in [1.29, 1.82) is 0 Å². The lowest BCUT2D eigenvalue weighted by atomic mass is 10.2. The molecular weight excluding hydrogens is 362 g/mol. The standard InChI is InChI=1S/C18H25N7OS/c1-25(2)15-9-7-13(8-10-15)11-19-22-17-21-18(24-23-17)27-12-16(26)20-14-5-3-4-6-14/h7-11,14H,3-6,12H2,1-2H3,(H,20,26)(H2,21,22,23,24)/b19-11-. The van der Waals surface area contributed by atoms with Crippen molar-refractivity contribution in [3.8, 4) is 0 Å². The first-order valence-corrected chi connectivity index (χ1v) is 10.00. The minimum atomic E-state index is 0.0328. The first-order chi connectivity index (χ1) is 13.1. The van der Waals surface area contributed by atoms with Gasteiger partial charge >= 0.3 is 0 Å². The Labute approximate surface area is 163 Å². The first kappa shape index (κ1) is 19.2. The first-order valence-electron chi connectivity index (χ1n) is 9.01. The monoisotopic (exact) mass is 387 g/mol. The zero-order valence-corrected chi connectivity index (χ0v) is 16.4.